The largest absolute Gasteiger partial charge is 0.396 e. The number of primary amides is 1. The van der Waals surface area contributed by atoms with Crippen LogP contribution in [0.15, 0.2) is 12.1 Å². The molecule has 1 fully saturated rings. The highest BCUT2D eigenvalue weighted by Gasteiger charge is 2.28. The third-order valence-electron chi connectivity index (χ3n) is 2.88. The van der Waals surface area contributed by atoms with Crippen molar-refractivity contribution in [2.45, 2.75) is 18.6 Å². The van der Waals surface area contributed by atoms with Gasteiger partial charge < -0.3 is 16.4 Å². The van der Waals surface area contributed by atoms with Crippen LogP contribution in [-0.4, -0.2) is 34.5 Å². The van der Waals surface area contributed by atoms with Crippen molar-refractivity contribution in [1.29, 1.82) is 0 Å². The molecule has 0 atom stereocenters. The number of amides is 1. The van der Waals surface area contributed by atoms with Gasteiger partial charge in [-0.25, -0.2) is 4.98 Å². The number of thioether (sulfide) groups is 1. The fraction of sp³-hybridized carbons (Fsp3) is 0.500. The quantitative estimate of drug-likeness (QED) is 0.837. The van der Waals surface area contributed by atoms with E-state index >= 15 is 0 Å². The van der Waals surface area contributed by atoms with E-state index in [1.165, 1.54) is 0 Å². The van der Waals surface area contributed by atoms with Crippen molar-refractivity contribution in [2.24, 2.45) is 5.73 Å². The number of pyridine rings is 1. The standard InChI is InChI=1S/C12H18N4OS/c1-12(2)7-16(5-6-18-12)11-8(13)3-4-9(15-11)10(14)17/h3-4H,5-7,13H2,1-2H3,(H2,14,17). The van der Waals surface area contributed by atoms with Crippen molar-refractivity contribution in [3.8, 4) is 0 Å². The van der Waals surface area contributed by atoms with E-state index in [2.05, 4.69) is 23.7 Å². The van der Waals surface area contributed by atoms with Crippen molar-refractivity contribution < 1.29 is 4.79 Å². The topological polar surface area (TPSA) is 85.2 Å². The zero-order valence-corrected chi connectivity index (χ0v) is 11.5. The molecule has 18 heavy (non-hydrogen) atoms. The molecule has 0 aliphatic carbocycles. The van der Waals surface area contributed by atoms with Gasteiger partial charge in [0.1, 0.15) is 5.69 Å². The lowest BCUT2D eigenvalue weighted by Crippen LogP contribution is -2.44. The van der Waals surface area contributed by atoms with Crippen LogP contribution in [0.5, 0.6) is 0 Å². The Bertz CT molecular complexity index is 475. The van der Waals surface area contributed by atoms with E-state index in [1.807, 2.05) is 11.8 Å². The molecule has 0 unspecified atom stereocenters. The fourth-order valence-electron chi connectivity index (χ4n) is 2.05. The van der Waals surface area contributed by atoms with E-state index in [0.29, 0.717) is 11.5 Å². The highest BCUT2D eigenvalue weighted by molar-refractivity contribution is 8.00. The van der Waals surface area contributed by atoms with Gasteiger partial charge >= 0.3 is 0 Å². The van der Waals surface area contributed by atoms with Crippen LogP contribution >= 0.6 is 11.8 Å². The molecule has 2 rings (SSSR count). The van der Waals surface area contributed by atoms with Crippen molar-refractivity contribution in [3.05, 3.63) is 17.8 Å². The van der Waals surface area contributed by atoms with Crippen LogP contribution in [0.25, 0.3) is 0 Å². The second kappa shape index (κ2) is 4.68. The third-order valence-corrected chi connectivity index (χ3v) is 4.18. The van der Waals surface area contributed by atoms with E-state index in [9.17, 15) is 4.79 Å². The summed E-state index contributed by atoms with van der Waals surface area (Å²) in [4.78, 5) is 17.6. The van der Waals surface area contributed by atoms with Gasteiger partial charge in [0.25, 0.3) is 5.91 Å². The summed E-state index contributed by atoms with van der Waals surface area (Å²) in [5.74, 6) is 1.16. The molecule has 1 aromatic rings. The number of nitrogens with zero attached hydrogens (tertiary/aromatic N) is 2. The second-order valence-electron chi connectivity index (χ2n) is 5.00. The van der Waals surface area contributed by atoms with Crippen molar-refractivity contribution in [3.63, 3.8) is 0 Å². The molecule has 1 amide bonds. The SMILES string of the molecule is CC1(C)CN(c2nc(C(N)=O)ccc2N)CCS1. The van der Waals surface area contributed by atoms with E-state index < -0.39 is 5.91 Å². The highest BCUT2D eigenvalue weighted by Crippen LogP contribution is 2.33. The average Bonchev–Trinajstić information content (AvgIpc) is 2.27. The lowest BCUT2D eigenvalue weighted by Gasteiger charge is -2.38. The van der Waals surface area contributed by atoms with E-state index in [-0.39, 0.29) is 10.4 Å². The van der Waals surface area contributed by atoms with Crippen LogP contribution in [0.4, 0.5) is 11.5 Å². The Morgan fingerprint density at radius 2 is 2.22 bits per heavy atom. The zero-order chi connectivity index (χ0) is 13.3. The van der Waals surface area contributed by atoms with Gasteiger partial charge in [-0.15, -0.1) is 0 Å². The lowest BCUT2D eigenvalue weighted by atomic mass is 10.1. The molecule has 4 N–H and O–H groups in total. The molecule has 6 heteroatoms. The van der Waals surface area contributed by atoms with Gasteiger partial charge in [0.15, 0.2) is 5.82 Å². The minimum atomic E-state index is -0.526. The Morgan fingerprint density at radius 1 is 1.50 bits per heavy atom. The molecule has 0 aromatic carbocycles. The normalized spacial score (nSPS) is 18.7. The van der Waals surface area contributed by atoms with Gasteiger partial charge in [0.05, 0.1) is 5.69 Å². The van der Waals surface area contributed by atoms with Crippen molar-refractivity contribution >= 4 is 29.2 Å². The summed E-state index contributed by atoms with van der Waals surface area (Å²) >= 11 is 1.93. The predicted molar refractivity (Wildman–Crippen MR) is 75.9 cm³/mol. The molecule has 1 aromatic heterocycles. The number of anilines is 2. The maximum Gasteiger partial charge on any atom is 0.267 e. The first-order valence-corrected chi connectivity index (χ1v) is 6.83. The lowest BCUT2D eigenvalue weighted by molar-refractivity contribution is 0.0995. The maximum atomic E-state index is 11.2. The summed E-state index contributed by atoms with van der Waals surface area (Å²) in [6.07, 6.45) is 0. The van der Waals surface area contributed by atoms with Crippen LogP contribution in [0.3, 0.4) is 0 Å². The molecule has 1 aliphatic heterocycles. The monoisotopic (exact) mass is 266 g/mol. The van der Waals surface area contributed by atoms with Crippen LogP contribution in [0.1, 0.15) is 24.3 Å². The van der Waals surface area contributed by atoms with Gasteiger partial charge in [-0.1, -0.05) is 0 Å². The van der Waals surface area contributed by atoms with E-state index in [0.717, 1.165) is 18.8 Å². The molecule has 5 nitrogen and oxygen atoms in total. The molecular weight excluding hydrogens is 248 g/mol. The molecule has 1 aliphatic rings. The molecule has 1 saturated heterocycles. The number of carbonyl (C=O) groups is 1. The van der Waals surface area contributed by atoms with Crippen LogP contribution in [0, 0.1) is 0 Å². The molecule has 0 saturated carbocycles. The number of hydrogen-bond donors (Lipinski definition) is 2. The number of nitrogens with two attached hydrogens (primary N) is 2. The Kier molecular flexibility index (Phi) is 3.38. The van der Waals surface area contributed by atoms with Gasteiger partial charge in [-0.05, 0) is 26.0 Å². The van der Waals surface area contributed by atoms with E-state index in [4.69, 9.17) is 11.5 Å². The zero-order valence-electron chi connectivity index (χ0n) is 10.6. The van der Waals surface area contributed by atoms with Gasteiger partial charge in [0.2, 0.25) is 0 Å². The van der Waals surface area contributed by atoms with Crippen molar-refractivity contribution in [1.82, 2.24) is 4.98 Å². The first-order valence-electron chi connectivity index (χ1n) is 5.84. The molecule has 2 heterocycles. The van der Waals surface area contributed by atoms with Crippen LogP contribution in [0.2, 0.25) is 0 Å². The Balaban J connectivity index is 2.32. The number of hydrogen-bond acceptors (Lipinski definition) is 5. The first kappa shape index (κ1) is 13.0. The van der Waals surface area contributed by atoms with Crippen LogP contribution < -0.4 is 16.4 Å². The third kappa shape index (κ3) is 2.69. The molecule has 0 bridgehead atoms. The number of carbonyl (C=O) groups excluding carboxylic acids is 1. The number of nitrogen functional groups attached to an aromatic ring is 1. The average molecular weight is 266 g/mol. The molecule has 98 valence electrons. The van der Waals surface area contributed by atoms with E-state index in [1.54, 1.807) is 12.1 Å². The summed E-state index contributed by atoms with van der Waals surface area (Å²) < 4.78 is 0.162. The Labute approximate surface area is 111 Å². The number of aromatic nitrogens is 1. The maximum absolute atomic E-state index is 11.2. The fourth-order valence-corrected chi connectivity index (χ4v) is 3.16. The van der Waals surface area contributed by atoms with Gasteiger partial charge in [-0.2, -0.15) is 11.8 Å². The van der Waals surface area contributed by atoms with Crippen molar-refractivity contribution in [2.75, 3.05) is 29.5 Å². The summed E-state index contributed by atoms with van der Waals surface area (Å²) in [5, 5.41) is 0. The first-order chi connectivity index (χ1) is 8.39. The summed E-state index contributed by atoms with van der Waals surface area (Å²) in [6, 6.07) is 3.25. The van der Waals surface area contributed by atoms with Crippen LogP contribution in [-0.2, 0) is 0 Å². The van der Waals surface area contributed by atoms with Gasteiger partial charge in [0, 0.05) is 23.6 Å². The summed E-state index contributed by atoms with van der Waals surface area (Å²) in [5.41, 5.74) is 12.0. The van der Waals surface area contributed by atoms with Gasteiger partial charge in [-0.3, -0.25) is 4.79 Å². The molecular formula is C12H18N4OS. The number of rotatable bonds is 2. The molecule has 0 radical (unpaired) electrons. The Hall–Kier alpha value is -1.43. The minimum Gasteiger partial charge on any atom is -0.396 e. The highest BCUT2D eigenvalue weighted by atomic mass is 32.2. The Morgan fingerprint density at radius 3 is 2.83 bits per heavy atom. The summed E-state index contributed by atoms with van der Waals surface area (Å²) in [7, 11) is 0. The summed E-state index contributed by atoms with van der Waals surface area (Å²) in [6.45, 7) is 6.13. The second-order valence-corrected chi connectivity index (χ2v) is 6.81. The smallest absolute Gasteiger partial charge is 0.267 e. The molecule has 0 spiro atoms. The minimum absolute atomic E-state index is 0.162. The predicted octanol–water partition coefficient (Wildman–Crippen LogP) is 1.09.